The van der Waals surface area contributed by atoms with Crippen LogP contribution in [-0.4, -0.2) is 33.9 Å². The van der Waals surface area contributed by atoms with Crippen LogP contribution in [0.15, 0.2) is 72.8 Å². The van der Waals surface area contributed by atoms with Crippen molar-refractivity contribution < 1.29 is 27.4 Å². The summed E-state index contributed by atoms with van der Waals surface area (Å²) in [6.07, 6.45) is 1.04. The first-order valence-corrected chi connectivity index (χ1v) is 11.2. The summed E-state index contributed by atoms with van der Waals surface area (Å²) in [7, 11) is -3.74. The summed E-state index contributed by atoms with van der Waals surface area (Å²) >= 11 is 0. The van der Waals surface area contributed by atoms with Crippen molar-refractivity contribution in [3.8, 4) is 23.0 Å². The molecule has 1 aliphatic heterocycles. The first kappa shape index (κ1) is 20.5. The van der Waals surface area contributed by atoms with Gasteiger partial charge in [0.05, 0.1) is 17.6 Å². The second-order valence-corrected chi connectivity index (χ2v) is 8.67. The van der Waals surface area contributed by atoms with Crippen molar-refractivity contribution in [2.75, 3.05) is 29.2 Å². The molecule has 0 saturated heterocycles. The number of carbonyl (C=O) groups is 1. The molecule has 0 saturated carbocycles. The van der Waals surface area contributed by atoms with Crippen LogP contribution in [0.4, 0.5) is 11.4 Å². The number of rotatable bonds is 7. The van der Waals surface area contributed by atoms with Crippen LogP contribution in [0.1, 0.15) is 0 Å². The number of sulfonamides is 1. The summed E-state index contributed by atoms with van der Waals surface area (Å²) in [6.45, 7) is -0.353. The number of carbonyl (C=O) groups excluding carboxylic acids is 1. The second kappa shape index (κ2) is 8.57. The molecule has 0 atom stereocenters. The normalized spacial score (nSPS) is 12.3. The van der Waals surface area contributed by atoms with E-state index in [1.165, 1.54) is 6.07 Å². The van der Waals surface area contributed by atoms with Crippen LogP contribution in [0.3, 0.4) is 0 Å². The van der Waals surface area contributed by atoms with Gasteiger partial charge in [-0.05, 0) is 36.4 Å². The van der Waals surface area contributed by atoms with Crippen LogP contribution in [0.25, 0.3) is 0 Å². The molecule has 0 spiro atoms. The molecule has 0 aromatic heterocycles. The molecule has 8 nitrogen and oxygen atoms in total. The van der Waals surface area contributed by atoms with Gasteiger partial charge in [-0.3, -0.25) is 9.10 Å². The number of fused-ring (bicyclic) bond motifs is 1. The Balaban J connectivity index is 1.53. The van der Waals surface area contributed by atoms with E-state index in [2.05, 4.69) is 5.32 Å². The van der Waals surface area contributed by atoms with Gasteiger partial charge in [-0.25, -0.2) is 8.42 Å². The predicted molar refractivity (Wildman–Crippen MR) is 116 cm³/mol. The Bertz CT molecular complexity index is 1200. The smallest absolute Gasteiger partial charge is 0.245 e. The van der Waals surface area contributed by atoms with E-state index in [1.807, 2.05) is 18.2 Å². The van der Waals surface area contributed by atoms with Crippen molar-refractivity contribution in [2.45, 2.75) is 0 Å². The van der Waals surface area contributed by atoms with Crippen LogP contribution in [0.2, 0.25) is 0 Å². The molecule has 3 aromatic carbocycles. The van der Waals surface area contributed by atoms with E-state index in [9.17, 15) is 13.2 Å². The highest BCUT2D eigenvalue weighted by atomic mass is 32.2. The highest BCUT2D eigenvalue weighted by molar-refractivity contribution is 7.92. The summed E-state index contributed by atoms with van der Waals surface area (Å²) < 4.78 is 42.2. The highest BCUT2D eigenvalue weighted by Gasteiger charge is 2.24. The minimum Gasteiger partial charge on any atom is -0.455 e. The molecule has 0 radical (unpaired) electrons. The number of para-hydroxylation sites is 3. The van der Waals surface area contributed by atoms with Crippen LogP contribution in [0, 0.1) is 0 Å². The lowest BCUT2D eigenvalue weighted by molar-refractivity contribution is -0.114. The summed E-state index contributed by atoms with van der Waals surface area (Å²) in [5.41, 5.74) is 0.728. The fraction of sp³-hybridized carbons (Fsp3) is 0.136. The molecule has 0 bridgehead atoms. The number of ether oxygens (including phenoxy) is 3. The number of hydrogen-bond donors (Lipinski definition) is 1. The van der Waals surface area contributed by atoms with Crippen molar-refractivity contribution in [1.82, 2.24) is 0 Å². The van der Waals surface area contributed by atoms with Crippen LogP contribution in [0.5, 0.6) is 23.0 Å². The summed E-state index contributed by atoms with van der Waals surface area (Å²) in [6, 6.07) is 20.8. The Kier molecular flexibility index (Phi) is 5.68. The van der Waals surface area contributed by atoms with Crippen molar-refractivity contribution in [1.29, 1.82) is 0 Å². The average molecular weight is 440 g/mol. The van der Waals surface area contributed by atoms with Crippen molar-refractivity contribution in [2.24, 2.45) is 0 Å². The molecule has 0 aliphatic carbocycles. The summed E-state index contributed by atoms with van der Waals surface area (Å²) in [5.74, 6) is 1.48. The Morgan fingerprint density at radius 2 is 1.71 bits per heavy atom. The van der Waals surface area contributed by atoms with Crippen molar-refractivity contribution >= 4 is 27.3 Å². The van der Waals surface area contributed by atoms with Gasteiger partial charge < -0.3 is 19.5 Å². The van der Waals surface area contributed by atoms with E-state index in [4.69, 9.17) is 14.2 Å². The quantitative estimate of drug-likeness (QED) is 0.603. The third kappa shape index (κ3) is 4.89. The molecular formula is C22H20N2O6S. The van der Waals surface area contributed by atoms with E-state index in [0.717, 1.165) is 10.6 Å². The van der Waals surface area contributed by atoms with Gasteiger partial charge in [0.25, 0.3) is 0 Å². The zero-order valence-corrected chi connectivity index (χ0v) is 17.5. The lowest BCUT2D eigenvalue weighted by Crippen LogP contribution is -2.37. The average Bonchev–Trinajstić information content (AvgIpc) is 3.21. The Hall–Kier alpha value is -3.72. The van der Waals surface area contributed by atoms with E-state index >= 15 is 0 Å². The molecule has 31 heavy (non-hydrogen) atoms. The number of amides is 1. The Morgan fingerprint density at radius 1 is 1.00 bits per heavy atom. The molecule has 160 valence electrons. The maximum Gasteiger partial charge on any atom is 0.245 e. The van der Waals surface area contributed by atoms with Gasteiger partial charge in [-0.1, -0.05) is 30.3 Å². The summed E-state index contributed by atoms with van der Waals surface area (Å²) in [5, 5.41) is 2.73. The SMILES string of the molecule is CS(=O)(=O)N(CC(=O)Nc1ccccc1Oc1ccccc1)c1ccc2c(c1)OCO2. The highest BCUT2D eigenvalue weighted by Crippen LogP contribution is 2.36. The van der Waals surface area contributed by atoms with Crippen molar-refractivity contribution in [3.05, 3.63) is 72.8 Å². The monoisotopic (exact) mass is 440 g/mol. The molecule has 3 aromatic rings. The maximum absolute atomic E-state index is 12.8. The Morgan fingerprint density at radius 3 is 2.48 bits per heavy atom. The lowest BCUT2D eigenvalue weighted by Gasteiger charge is -2.22. The van der Waals surface area contributed by atoms with E-state index in [1.54, 1.807) is 48.5 Å². The van der Waals surface area contributed by atoms with Crippen LogP contribution >= 0.6 is 0 Å². The van der Waals surface area contributed by atoms with Gasteiger partial charge >= 0.3 is 0 Å². The molecule has 1 N–H and O–H groups in total. The van der Waals surface area contributed by atoms with Crippen LogP contribution < -0.4 is 23.8 Å². The van der Waals surface area contributed by atoms with Gasteiger partial charge in [0, 0.05) is 6.07 Å². The van der Waals surface area contributed by atoms with Gasteiger partial charge in [0.15, 0.2) is 17.2 Å². The molecule has 9 heteroatoms. The third-order valence-electron chi connectivity index (χ3n) is 4.46. The summed E-state index contributed by atoms with van der Waals surface area (Å²) in [4.78, 5) is 12.8. The minimum absolute atomic E-state index is 0.0658. The fourth-order valence-corrected chi connectivity index (χ4v) is 3.88. The number of nitrogens with one attached hydrogen (secondary N) is 1. The van der Waals surface area contributed by atoms with Crippen LogP contribution in [-0.2, 0) is 14.8 Å². The maximum atomic E-state index is 12.8. The first-order chi connectivity index (χ1) is 14.9. The Labute approximate surface area is 180 Å². The second-order valence-electron chi connectivity index (χ2n) is 6.77. The molecule has 4 rings (SSSR count). The number of hydrogen-bond acceptors (Lipinski definition) is 6. The van der Waals surface area contributed by atoms with Gasteiger partial charge in [-0.2, -0.15) is 0 Å². The molecule has 0 fully saturated rings. The van der Waals surface area contributed by atoms with E-state index < -0.39 is 22.5 Å². The number of benzene rings is 3. The number of nitrogens with zero attached hydrogens (tertiary/aromatic N) is 1. The fourth-order valence-electron chi connectivity index (χ4n) is 3.03. The molecule has 0 unspecified atom stereocenters. The van der Waals surface area contributed by atoms with Crippen molar-refractivity contribution in [3.63, 3.8) is 0 Å². The standard InChI is InChI=1S/C22H20N2O6S/c1-31(26,27)24(16-11-12-20-21(13-16)29-15-28-20)14-22(25)23-18-9-5-6-10-19(18)30-17-7-3-2-4-8-17/h2-13H,14-15H2,1H3,(H,23,25). The largest absolute Gasteiger partial charge is 0.455 e. The number of anilines is 2. The minimum atomic E-state index is -3.74. The topological polar surface area (TPSA) is 94.2 Å². The third-order valence-corrected chi connectivity index (χ3v) is 5.60. The van der Waals surface area contributed by atoms with Gasteiger partial charge in [-0.15, -0.1) is 0 Å². The van der Waals surface area contributed by atoms with Gasteiger partial charge in [0.1, 0.15) is 12.3 Å². The predicted octanol–water partition coefficient (Wildman–Crippen LogP) is 3.61. The zero-order chi connectivity index (χ0) is 21.8. The van der Waals surface area contributed by atoms with E-state index in [-0.39, 0.29) is 6.79 Å². The first-order valence-electron chi connectivity index (χ1n) is 9.39. The lowest BCUT2D eigenvalue weighted by atomic mass is 10.2. The molecule has 1 amide bonds. The molecule has 1 heterocycles. The zero-order valence-electron chi connectivity index (χ0n) is 16.6. The molecule has 1 aliphatic rings. The van der Waals surface area contributed by atoms with E-state index in [0.29, 0.717) is 34.4 Å². The molecular weight excluding hydrogens is 420 g/mol. The van der Waals surface area contributed by atoms with Gasteiger partial charge in [0.2, 0.25) is 22.7 Å².